The predicted octanol–water partition coefficient (Wildman–Crippen LogP) is 1.83. The Labute approximate surface area is 224 Å². The second-order valence-corrected chi connectivity index (χ2v) is 10.0. The van der Waals surface area contributed by atoms with Crippen molar-refractivity contribution >= 4 is 35.9 Å². The molecular weight excluding hydrogens is 492 g/mol. The summed E-state index contributed by atoms with van der Waals surface area (Å²) in [5.41, 5.74) is 5.45. The highest BCUT2D eigenvalue weighted by atomic mass is 16.4. The van der Waals surface area contributed by atoms with Crippen molar-refractivity contribution in [1.82, 2.24) is 15.5 Å². The molecule has 0 spiro atoms. The third-order valence-corrected chi connectivity index (χ3v) is 6.97. The van der Waals surface area contributed by atoms with Crippen LogP contribution in [0.3, 0.4) is 0 Å². The van der Waals surface area contributed by atoms with Gasteiger partial charge >= 0.3 is 5.97 Å². The molecular formula is C27H44N4O7. The summed E-state index contributed by atoms with van der Waals surface area (Å²) in [6.45, 7) is 5.44. The van der Waals surface area contributed by atoms with Crippen molar-refractivity contribution in [3.63, 3.8) is 0 Å². The number of carboxylic acids is 1. The molecule has 11 heteroatoms. The lowest BCUT2D eigenvalue weighted by atomic mass is 9.97. The molecule has 4 amide bonds. The van der Waals surface area contributed by atoms with Crippen LogP contribution in [-0.2, 0) is 28.8 Å². The molecule has 1 aliphatic rings. The standard InChI is InChI=1S/C27H44N4O7/c1-4-18(2)24(30-22(33)13-11-9-7-5-6-8-10-12-16-32)26(37)29-20-17-19(3)31(27(20)38)21(25(28)36)14-15-23(34)35/h11,13,16,18-21,24H,4-10,12,14-15,17H2,1-3H3,(H2,28,36)(H,29,37)(H,30,33)(H,34,35)/b13-11+. The summed E-state index contributed by atoms with van der Waals surface area (Å²) in [4.78, 5) is 73.2. The zero-order valence-electron chi connectivity index (χ0n) is 22.8. The summed E-state index contributed by atoms with van der Waals surface area (Å²) in [6.07, 6.45) is 10.8. The first-order valence-electron chi connectivity index (χ1n) is 13.6. The van der Waals surface area contributed by atoms with Crippen LogP contribution in [0, 0.1) is 5.92 Å². The van der Waals surface area contributed by atoms with Crippen LogP contribution < -0.4 is 16.4 Å². The number of allylic oxidation sites excluding steroid dienone is 1. The van der Waals surface area contributed by atoms with Gasteiger partial charge in [-0.1, -0.05) is 45.6 Å². The first-order chi connectivity index (χ1) is 18.0. The molecule has 5 N–H and O–H groups in total. The van der Waals surface area contributed by atoms with Gasteiger partial charge in [-0.2, -0.15) is 0 Å². The number of carboxylic acid groups (broad SMARTS) is 1. The number of amides is 4. The van der Waals surface area contributed by atoms with Crippen molar-refractivity contribution in [2.24, 2.45) is 11.7 Å². The van der Waals surface area contributed by atoms with Crippen LogP contribution in [0.5, 0.6) is 0 Å². The van der Waals surface area contributed by atoms with E-state index in [0.717, 1.165) is 44.8 Å². The summed E-state index contributed by atoms with van der Waals surface area (Å²) < 4.78 is 0. The van der Waals surface area contributed by atoms with Gasteiger partial charge in [0.15, 0.2) is 0 Å². The summed E-state index contributed by atoms with van der Waals surface area (Å²) in [7, 11) is 0. The normalized spacial score (nSPS) is 19.7. The molecule has 0 bridgehead atoms. The Morgan fingerprint density at radius 2 is 1.76 bits per heavy atom. The minimum Gasteiger partial charge on any atom is -0.481 e. The number of nitrogens with one attached hydrogen (secondary N) is 2. The molecule has 214 valence electrons. The van der Waals surface area contributed by atoms with Gasteiger partial charge in [-0.15, -0.1) is 0 Å². The lowest BCUT2D eigenvalue weighted by Gasteiger charge is -2.29. The van der Waals surface area contributed by atoms with Gasteiger partial charge in [-0.05, 0) is 51.0 Å². The molecule has 0 radical (unpaired) electrons. The fourth-order valence-electron chi connectivity index (χ4n) is 4.59. The summed E-state index contributed by atoms with van der Waals surface area (Å²) in [5, 5.41) is 14.4. The van der Waals surface area contributed by atoms with E-state index in [1.165, 1.54) is 11.0 Å². The molecule has 1 fully saturated rings. The number of unbranched alkanes of at least 4 members (excludes halogenated alkanes) is 6. The Morgan fingerprint density at radius 1 is 1.13 bits per heavy atom. The zero-order chi connectivity index (χ0) is 28.7. The van der Waals surface area contributed by atoms with E-state index in [9.17, 15) is 28.8 Å². The highest BCUT2D eigenvalue weighted by molar-refractivity contribution is 5.96. The van der Waals surface area contributed by atoms with Crippen LogP contribution in [0.15, 0.2) is 12.2 Å². The molecule has 0 aromatic rings. The SMILES string of the molecule is CCC(C)C(NC(=O)/C=C/CCCCCCCC=O)C(=O)NC1CC(C)N(C(CCC(=O)O)C(N)=O)C1=O. The van der Waals surface area contributed by atoms with Crippen LogP contribution in [-0.4, -0.2) is 70.1 Å². The fraction of sp³-hybridized carbons (Fsp3) is 0.704. The summed E-state index contributed by atoms with van der Waals surface area (Å²) in [5.74, 6) is -3.49. The summed E-state index contributed by atoms with van der Waals surface area (Å²) >= 11 is 0. The van der Waals surface area contributed by atoms with E-state index >= 15 is 0 Å². The van der Waals surface area contributed by atoms with Crippen molar-refractivity contribution in [2.75, 3.05) is 0 Å². The highest BCUT2D eigenvalue weighted by Crippen LogP contribution is 2.24. The van der Waals surface area contributed by atoms with E-state index < -0.39 is 53.8 Å². The molecule has 0 aromatic heterocycles. The van der Waals surface area contributed by atoms with Gasteiger partial charge in [0.1, 0.15) is 24.4 Å². The van der Waals surface area contributed by atoms with Crippen molar-refractivity contribution in [3.05, 3.63) is 12.2 Å². The van der Waals surface area contributed by atoms with Gasteiger partial charge in [0.2, 0.25) is 23.6 Å². The number of carbonyl (C=O) groups is 6. The Hall–Kier alpha value is -3.24. The molecule has 1 aliphatic heterocycles. The van der Waals surface area contributed by atoms with Crippen LogP contribution >= 0.6 is 0 Å². The van der Waals surface area contributed by atoms with E-state index in [1.54, 1.807) is 13.0 Å². The maximum atomic E-state index is 13.1. The zero-order valence-corrected chi connectivity index (χ0v) is 22.8. The van der Waals surface area contributed by atoms with E-state index in [-0.39, 0.29) is 25.2 Å². The molecule has 11 nitrogen and oxygen atoms in total. The Bertz CT molecular complexity index is 860. The Kier molecular flexibility index (Phi) is 14.9. The van der Waals surface area contributed by atoms with Crippen LogP contribution in [0.4, 0.5) is 0 Å². The van der Waals surface area contributed by atoms with Crippen LogP contribution in [0.2, 0.25) is 0 Å². The van der Waals surface area contributed by atoms with E-state index in [0.29, 0.717) is 12.8 Å². The predicted molar refractivity (Wildman–Crippen MR) is 142 cm³/mol. The molecule has 1 rings (SSSR count). The Balaban J connectivity index is 2.70. The number of rotatable bonds is 19. The van der Waals surface area contributed by atoms with Gasteiger partial charge in [-0.3, -0.25) is 24.0 Å². The average Bonchev–Trinajstić information content (AvgIpc) is 3.13. The number of carbonyl (C=O) groups excluding carboxylic acids is 5. The van der Waals surface area contributed by atoms with Crippen LogP contribution in [0.25, 0.3) is 0 Å². The fourth-order valence-corrected chi connectivity index (χ4v) is 4.59. The largest absolute Gasteiger partial charge is 0.481 e. The second kappa shape index (κ2) is 17.3. The second-order valence-electron chi connectivity index (χ2n) is 10.0. The first kappa shape index (κ1) is 32.8. The monoisotopic (exact) mass is 536 g/mol. The van der Waals surface area contributed by atoms with E-state index in [2.05, 4.69) is 10.6 Å². The molecule has 38 heavy (non-hydrogen) atoms. The maximum Gasteiger partial charge on any atom is 0.303 e. The van der Waals surface area contributed by atoms with Gasteiger partial charge in [-0.25, -0.2) is 0 Å². The Morgan fingerprint density at radius 3 is 2.34 bits per heavy atom. The molecule has 1 saturated heterocycles. The van der Waals surface area contributed by atoms with Gasteiger partial charge in [0.25, 0.3) is 0 Å². The number of nitrogens with two attached hydrogens (primary N) is 1. The minimum absolute atomic E-state index is 0.112. The molecule has 1 heterocycles. The molecule has 0 aliphatic carbocycles. The quantitative estimate of drug-likeness (QED) is 0.111. The first-order valence-corrected chi connectivity index (χ1v) is 13.6. The number of primary amides is 1. The van der Waals surface area contributed by atoms with Crippen molar-refractivity contribution in [2.45, 2.75) is 116 Å². The molecule has 0 saturated carbocycles. The van der Waals surface area contributed by atoms with Crippen LogP contribution in [0.1, 0.15) is 91.4 Å². The molecule has 0 aromatic carbocycles. The van der Waals surface area contributed by atoms with Crippen molar-refractivity contribution < 1.29 is 33.9 Å². The van der Waals surface area contributed by atoms with E-state index in [4.69, 9.17) is 10.8 Å². The number of aliphatic carboxylic acids is 1. The molecule has 5 atom stereocenters. The van der Waals surface area contributed by atoms with Gasteiger partial charge in [0, 0.05) is 18.9 Å². The third kappa shape index (κ3) is 11.0. The smallest absolute Gasteiger partial charge is 0.303 e. The van der Waals surface area contributed by atoms with Crippen molar-refractivity contribution in [3.8, 4) is 0 Å². The lowest BCUT2D eigenvalue weighted by Crippen LogP contribution is -2.55. The average molecular weight is 537 g/mol. The topological polar surface area (TPSA) is 176 Å². The summed E-state index contributed by atoms with van der Waals surface area (Å²) in [6, 6.07) is -3.27. The number of hydrogen-bond donors (Lipinski definition) is 4. The van der Waals surface area contributed by atoms with E-state index in [1.807, 2.05) is 13.8 Å². The number of nitrogens with zero attached hydrogens (tertiary/aromatic N) is 1. The highest BCUT2D eigenvalue weighted by Gasteiger charge is 2.44. The number of aldehydes is 1. The van der Waals surface area contributed by atoms with Crippen molar-refractivity contribution in [1.29, 1.82) is 0 Å². The lowest BCUT2D eigenvalue weighted by molar-refractivity contribution is -0.142. The number of likely N-dealkylation sites (tertiary alicyclic amines) is 1. The molecule has 5 unspecified atom stereocenters. The third-order valence-electron chi connectivity index (χ3n) is 6.97. The maximum absolute atomic E-state index is 13.1. The van der Waals surface area contributed by atoms with Gasteiger partial charge in [0.05, 0.1) is 0 Å². The number of hydrogen-bond acceptors (Lipinski definition) is 6. The minimum atomic E-state index is -1.10. The van der Waals surface area contributed by atoms with Gasteiger partial charge < -0.3 is 31.2 Å².